The highest BCUT2D eigenvalue weighted by Gasteiger charge is 2.19. The molecule has 0 saturated carbocycles. The van der Waals surface area contributed by atoms with Gasteiger partial charge in [-0.1, -0.05) is 12.1 Å². The molecule has 2 N–H and O–H groups in total. The molecule has 2 rings (SSSR count). The molecule has 0 radical (unpaired) electrons. The minimum Gasteiger partial charge on any atom is -0.495 e. The van der Waals surface area contributed by atoms with Gasteiger partial charge in [0.1, 0.15) is 5.75 Å². The van der Waals surface area contributed by atoms with Gasteiger partial charge in [-0.25, -0.2) is 12.7 Å². The summed E-state index contributed by atoms with van der Waals surface area (Å²) in [6.07, 6.45) is 0. The van der Waals surface area contributed by atoms with E-state index in [1.165, 1.54) is 39.4 Å². The second-order valence-corrected chi connectivity index (χ2v) is 8.52. The second kappa shape index (κ2) is 8.41. The SMILES string of the molecule is COc1ccc(S(=O)(=O)N(C)C)cc1NC(=O)CNc1cc(C)ccc1C. The average molecular weight is 391 g/mol. The maximum absolute atomic E-state index is 12.4. The van der Waals surface area contributed by atoms with Gasteiger partial charge in [0.25, 0.3) is 0 Å². The summed E-state index contributed by atoms with van der Waals surface area (Å²) >= 11 is 0. The number of carbonyl (C=O) groups is 1. The highest BCUT2D eigenvalue weighted by Crippen LogP contribution is 2.28. The Labute approximate surface area is 160 Å². The van der Waals surface area contributed by atoms with Crippen molar-refractivity contribution in [1.29, 1.82) is 0 Å². The fraction of sp³-hybridized carbons (Fsp3) is 0.316. The van der Waals surface area contributed by atoms with Crippen molar-refractivity contribution in [2.75, 3.05) is 38.4 Å². The van der Waals surface area contributed by atoms with E-state index in [0.717, 1.165) is 21.1 Å². The summed E-state index contributed by atoms with van der Waals surface area (Å²) in [5.41, 5.74) is 3.30. The summed E-state index contributed by atoms with van der Waals surface area (Å²) in [7, 11) is 0.743. The van der Waals surface area contributed by atoms with Crippen LogP contribution in [0.15, 0.2) is 41.3 Å². The Hall–Kier alpha value is -2.58. The molecule has 0 aliphatic heterocycles. The molecule has 27 heavy (non-hydrogen) atoms. The van der Waals surface area contributed by atoms with Crippen molar-refractivity contribution in [3.63, 3.8) is 0 Å². The van der Waals surface area contributed by atoms with Crippen LogP contribution in [0.1, 0.15) is 11.1 Å². The lowest BCUT2D eigenvalue weighted by Gasteiger charge is -2.16. The number of carbonyl (C=O) groups excluding carboxylic acids is 1. The van der Waals surface area contributed by atoms with Crippen LogP contribution in [-0.2, 0) is 14.8 Å². The third-order valence-corrected chi connectivity index (χ3v) is 5.87. The molecule has 0 bridgehead atoms. The van der Waals surface area contributed by atoms with Crippen molar-refractivity contribution in [3.05, 3.63) is 47.5 Å². The predicted molar refractivity (Wildman–Crippen MR) is 107 cm³/mol. The van der Waals surface area contributed by atoms with Crippen molar-refractivity contribution in [2.24, 2.45) is 0 Å². The number of sulfonamides is 1. The molecule has 0 saturated heterocycles. The summed E-state index contributed by atoms with van der Waals surface area (Å²) in [6, 6.07) is 10.3. The van der Waals surface area contributed by atoms with Gasteiger partial charge in [-0.15, -0.1) is 0 Å². The van der Waals surface area contributed by atoms with E-state index in [0.29, 0.717) is 11.4 Å². The molecule has 0 heterocycles. The first-order valence-electron chi connectivity index (χ1n) is 8.36. The third kappa shape index (κ3) is 4.99. The molecule has 0 unspecified atom stereocenters. The van der Waals surface area contributed by atoms with Crippen molar-refractivity contribution >= 4 is 27.3 Å². The first kappa shape index (κ1) is 20.7. The first-order valence-corrected chi connectivity index (χ1v) is 9.80. The van der Waals surface area contributed by atoms with E-state index in [1.807, 2.05) is 32.0 Å². The monoisotopic (exact) mass is 391 g/mol. The van der Waals surface area contributed by atoms with Crippen LogP contribution >= 0.6 is 0 Å². The minimum absolute atomic E-state index is 0.0398. The van der Waals surface area contributed by atoms with E-state index in [-0.39, 0.29) is 17.3 Å². The number of hydrogen-bond acceptors (Lipinski definition) is 5. The minimum atomic E-state index is -3.61. The summed E-state index contributed by atoms with van der Waals surface area (Å²) in [5.74, 6) is 0.0707. The van der Waals surface area contributed by atoms with E-state index in [2.05, 4.69) is 10.6 Å². The fourth-order valence-corrected chi connectivity index (χ4v) is 3.38. The summed E-state index contributed by atoms with van der Waals surface area (Å²) in [5, 5.41) is 5.80. The number of aryl methyl sites for hydroxylation is 2. The second-order valence-electron chi connectivity index (χ2n) is 6.37. The molecular weight excluding hydrogens is 366 g/mol. The fourth-order valence-electron chi connectivity index (χ4n) is 2.45. The zero-order chi connectivity index (χ0) is 20.2. The van der Waals surface area contributed by atoms with Gasteiger partial charge >= 0.3 is 0 Å². The van der Waals surface area contributed by atoms with E-state index in [9.17, 15) is 13.2 Å². The average Bonchev–Trinajstić information content (AvgIpc) is 2.62. The number of ether oxygens (including phenoxy) is 1. The topological polar surface area (TPSA) is 87.7 Å². The Morgan fingerprint density at radius 3 is 2.41 bits per heavy atom. The van der Waals surface area contributed by atoms with Crippen LogP contribution in [0.4, 0.5) is 11.4 Å². The van der Waals surface area contributed by atoms with Gasteiger partial charge in [-0.2, -0.15) is 0 Å². The van der Waals surface area contributed by atoms with Gasteiger partial charge < -0.3 is 15.4 Å². The number of nitrogens with one attached hydrogen (secondary N) is 2. The van der Waals surface area contributed by atoms with E-state index < -0.39 is 10.0 Å². The summed E-state index contributed by atoms with van der Waals surface area (Å²) < 4.78 is 31.0. The van der Waals surface area contributed by atoms with Crippen LogP contribution in [0, 0.1) is 13.8 Å². The number of amides is 1. The Balaban J connectivity index is 2.17. The van der Waals surface area contributed by atoms with Crippen molar-refractivity contribution < 1.29 is 17.9 Å². The van der Waals surface area contributed by atoms with Crippen LogP contribution in [0.3, 0.4) is 0 Å². The largest absolute Gasteiger partial charge is 0.495 e. The Bertz CT molecular complexity index is 940. The molecule has 0 aliphatic rings. The summed E-state index contributed by atoms with van der Waals surface area (Å²) in [4.78, 5) is 12.4. The molecule has 2 aromatic rings. The highest BCUT2D eigenvalue weighted by molar-refractivity contribution is 7.89. The van der Waals surface area contributed by atoms with Gasteiger partial charge in [0.05, 0.1) is 24.2 Å². The van der Waals surface area contributed by atoms with Gasteiger partial charge in [0, 0.05) is 19.8 Å². The number of benzene rings is 2. The van der Waals surface area contributed by atoms with Crippen molar-refractivity contribution in [1.82, 2.24) is 4.31 Å². The van der Waals surface area contributed by atoms with Gasteiger partial charge in [-0.05, 0) is 49.2 Å². The van der Waals surface area contributed by atoms with Gasteiger partial charge in [0.2, 0.25) is 15.9 Å². The van der Waals surface area contributed by atoms with Crippen LogP contribution in [0.2, 0.25) is 0 Å². The number of hydrogen-bond donors (Lipinski definition) is 2. The molecule has 0 atom stereocenters. The maximum Gasteiger partial charge on any atom is 0.243 e. The van der Waals surface area contributed by atoms with E-state index >= 15 is 0 Å². The quantitative estimate of drug-likeness (QED) is 0.758. The van der Waals surface area contributed by atoms with Crippen LogP contribution in [0.5, 0.6) is 5.75 Å². The molecular formula is C19H25N3O4S. The predicted octanol–water partition coefficient (Wildman–Crippen LogP) is 2.61. The first-order chi connectivity index (χ1) is 12.6. The number of rotatable bonds is 7. The van der Waals surface area contributed by atoms with Crippen molar-refractivity contribution in [2.45, 2.75) is 18.7 Å². The number of methoxy groups -OCH3 is 1. The Morgan fingerprint density at radius 1 is 1.07 bits per heavy atom. The van der Waals surface area contributed by atoms with Crippen LogP contribution in [0.25, 0.3) is 0 Å². The molecule has 8 heteroatoms. The summed E-state index contributed by atoms with van der Waals surface area (Å²) in [6.45, 7) is 3.97. The lowest BCUT2D eigenvalue weighted by Crippen LogP contribution is -2.24. The third-order valence-electron chi connectivity index (χ3n) is 4.06. The lowest BCUT2D eigenvalue weighted by atomic mass is 10.1. The molecule has 2 aromatic carbocycles. The Kier molecular flexibility index (Phi) is 6.45. The molecule has 0 aliphatic carbocycles. The molecule has 0 aromatic heterocycles. The van der Waals surface area contributed by atoms with Crippen molar-refractivity contribution in [3.8, 4) is 5.75 Å². The normalized spacial score (nSPS) is 11.3. The van der Waals surface area contributed by atoms with Crippen LogP contribution < -0.4 is 15.4 Å². The van der Waals surface area contributed by atoms with E-state index in [4.69, 9.17) is 4.74 Å². The zero-order valence-electron chi connectivity index (χ0n) is 16.2. The maximum atomic E-state index is 12.4. The van der Waals surface area contributed by atoms with E-state index in [1.54, 1.807) is 0 Å². The van der Waals surface area contributed by atoms with Gasteiger partial charge in [-0.3, -0.25) is 4.79 Å². The van der Waals surface area contributed by atoms with Crippen LogP contribution in [-0.4, -0.2) is 46.4 Å². The van der Waals surface area contributed by atoms with Gasteiger partial charge in [0.15, 0.2) is 0 Å². The highest BCUT2D eigenvalue weighted by atomic mass is 32.2. The number of anilines is 2. The zero-order valence-corrected chi connectivity index (χ0v) is 17.0. The number of nitrogens with zero attached hydrogens (tertiary/aromatic N) is 1. The molecule has 146 valence electrons. The molecule has 7 nitrogen and oxygen atoms in total. The smallest absolute Gasteiger partial charge is 0.243 e. The lowest BCUT2D eigenvalue weighted by molar-refractivity contribution is -0.114. The molecule has 1 amide bonds. The Morgan fingerprint density at radius 2 is 1.78 bits per heavy atom. The standard InChI is InChI=1S/C19H25N3O4S/c1-13-6-7-14(2)16(10-13)20-12-19(23)21-17-11-15(8-9-18(17)26-5)27(24,25)22(3)4/h6-11,20H,12H2,1-5H3,(H,21,23). The molecule has 0 spiro atoms. The molecule has 0 fully saturated rings.